The van der Waals surface area contributed by atoms with Crippen LogP contribution >= 0.6 is 0 Å². The summed E-state index contributed by atoms with van der Waals surface area (Å²) in [4.78, 5) is 2.49. The summed E-state index contributed by atoms with van der Waals surface area (Å²) in [6, 6.07) is 11.1. The smallest absolute Gasteiger partial charge is 0.0948 e. The van der Waals surface area contributed by atoms with Crippen molar-refractivity contribution in [1.82, 2.24) is 4.90 Å². The fraction of sp³-hybridized carbons (Fsp3) is 0.625. The number of rotatable bonds is 2. The van der Waals surface area contributed by atoms with Crippen LogP contribution in [0.3, 0.4) is 0 Å². The van der Waals surface area contributed by atoms with E-state index in [0.717, 1.165) is 18.5 Å². The van der Waals surface area contributed by atoms with Gasteiger partial charge in [-0.25, -0.2) is 0 Å². The van der Waals surface area contributed by atoms with Gasteiger partial charge in [-0.3, -0.25) is 4.90 Å². The topological polar surface area (TPSA) is 23.5 Å². The van der Waals surface area contributed by atoms with Crippen LogP contribution in [-0.4, -0.2) is 28.6 Å². The second kappa shape index (κ2) is 5.02. The molecular formula is C16H25NO. The number of likely N-dealkylation sites (tertiary alicyclic amines) is 1. The molecule has 0 unspecified atom stereocenters. The van der Waals surface area contributed by atoms with Crippen LogP contribution in [0.4, 0.5) is 0 Å². The Morgan fingerprint density at radius 3 is 2.39 bits per heavy atom. The number of piperidine rings is 1. The highest BCUT2D eigenvalue weighted by Gasteiger charge is 2.43. The van der Waals surface area contributed by atoms with Crippen LogP contribution in [0.2, 0.25) is 0 Å². The SMILES string of the molecule is CC(C)N1C[C@@H](C)[C@@](O)(c2ccccc2)C[C@H]1C. The first-order valence-corrected chi connectivity index (χ1v) is 6.99. The molecule has 100 valence electrons. The van der Waals surface area contributed by atoms with E-state index in [1.54, 1.807) is 0 Å². The molecule has 3 atom stereocenters. The Kier molecular flexibility index (Phi) is 3.79. The third-order valence-corrected chi connectivity index (χ3v) is 4.41. The maximum Gasteiger partial charge on any atom is 0.0948 e. The van der Waals surface area contributed by atoms with Crippen molar-refractivity contribution in [1.29, 1.82) is 0 Å². The van der Waals surface area contributed by atoms with Gasteiger partial charge in [0.1, 0.15) is 0 Å². The summed E-state index contributed by atoms with van der Waals surface area (Å²) >= 11 is 0. The molecule has 0 aromatic heterocycles. The van der Waals surface area contributed by atoms with Gasteiger partial charge < -0.3 is 5.11 Å². The molecule has 1 fully saturated rings. The van der Waals surface area contributed by atoms with E-state index in [9.17, 15) is 5.11 Å². The van der Waals surface area contributed by atoms with Crippen molar-refractivity contribution in [2.45, 2.75) is 51.8 Å². The third kappa shape index (κ3) is 2.32. The average molecular weight is 247 g/mol. The summed E-state index contributed by atoms with van der Waals surface area (Å²) in [6.07, 6.45) is 0.816. The Morgan fingerprint density at radius 1 is 1.22 bits per heavy atom. The molecule has 0 amide bonds. The number of nitrogens with zero attached hydrogens (tertiary/aromatic N) is 1. The highest BCUT2D eigenvalue weighted by Crippen LogP contribution is 2.40. The lowest BCUT2D eigenvalue weighted by molar-refractivity contribution is -0.0974. The standard InChI is InChI=1S/C16H25NO/c1-12(2)17-11-13(3)16(18,10-14(17)4)15-8-6-5-7-9-15/h5-9,12-14,18H,10-11H2,1-4H3/t13-,14-,16-/m1/s1. The predicted octanol–water partition coefficient (Wildman–Crippen LogP) is 3.01. The molecule has 0 radical (unpaired) electrons. The summed E-state index contributed by atoms with van der Waals surface area (Å²) in [5.41, 5.74) is 0.388. The molecule has 2 heteroatoms. The van der Waals surface area contributed by atoms with Gasteiger partial charge in [0, 0.05) is 24.5 Å². The zero-order valence-corrected chi connectivity index (χ0v) is 11.9. The zero-order valence-electron chi connectivity index (χ0n) is 11.9. The summed E-state index contributed by atoms with van der Waals surface area (Å²) in [6.45, 7) is 9.81. The van der Waals surface area contributed by atoms with Crippen LogP contribution in [0.15, 0.2) is 30.3 Å². The van der Waals surface area contributed by atoms with Gasteiger partial charge in [0.25, 0.3) is 0 Å². The van der Waals surface area contributed by atoms with E-state index in [-0.39, 0.29) is 5.92 Å². The van der Waals surface area contributed by atoms with Crippen LogP contribution in [0, 0.1) is 5.92 Å². The molecule has 18 heavy (non-hydrogen) atoms. The van der Waals surface area contributed by atoms with Gasteiger partial charge in [-0.15, -0.1) is 0 Å². The maximum absolute atomic E-state index is 11.1. The Hall–Kier alpha value is -0.860. The number of hydrogen-bond acceptors (Lipinski definition) is 2. The van der Waals surface area contributed by atoms with E-state index in [1.165, 1.54) is 0 Å². The number of aliphatic hydroxyl groups is 1. The molecule has 1 aliphatic heterocycles. The maximum atomic E-state index is 11.1. The van der Waals surface area contributed by atoms with Gasteiger partial charge in [0.2, 0.25) is 0 Å². The van der Waals surface area contributed by atoms with Crippen molar-refractivity contribution < 1.29 is 5.11 Å². The molecule has 0 spiro atoms. The van der Waals surface area contributed by atoms with E-state index in [0.29, 0.717) is 12.1 Å². The van der Waals surface area contributed by atoms with Crippen molar-refractivity contribution >= 4 is 0 Å². The predicted molar refractivity (Wildman–Crippen MR) is 75.4 cm³/mol. The Labute approximate surface area is 111 Å². The monoisotopic (exact) mass is 247 g/mol. The van der Waals surface area contributed by atoms with Gasteiger partial charge in [0.05, 0.1) is 5.60 Å². The molecule has 2 rings (SSSR count). The summed E-state index contributed by atoms with van der Waals surface area (Å²) in [5.74, 6) is 0.262. The van der Waals surface area contributed by atoms with Crippen molar-refractivity contribution in [2.24, 2.45) is 5.92 Å². The Bertz CT molecular complexity index is 389. The van der Waals surface area contributed by atoms with Crippen LogP contribution in [0.5, 0.6) is 0 Å². The van der Waals surface area contributed by atoms with Crippen molar-refractivity contribution in [3.8, 4) is 0 Å². The van der Waals surface area contributed by atoms with E-state index in [2.05, 4.69) is 32.6 Å². The average Bonchev–Trinajstić information content (AvgIpc) is 2.34. The number of hydrogen-bond donors (Lipinski definition) is 1. The molecule has 1 aromatic carbocycles. The van der Waals surface area contributed by atoms with Gasteiger partial charge in [-0.1, -0.05) is 37.3 Å². The number of benzene rings is 1. The Morgan fingerprint density at radius 2 is 1.83 bits per heavy atom. The first-order valence-electron chi connectivity index (χ1n) is 6.99. The van der Waals surface area contributed by atoms with Crippen LogP contribution in [-0.2, 0) is 5.60 Å². The minimum absolute atomic E-state index is 0.262. The lowest BCUT2D eigenvalue weighted by atomic mass is 9.74. The highest BCUT2D eigenvalue weighted by molar-refractivity contribution is 5.24. The normalized spacial score (nSPS) is 33.9. The first-order chi connectivity index (χ1) is 8.45. The molecule has 2 nitrogen and oxygen atoms in total. The Balaban J connectivity index is 2.26. The van der Waals surface area contributed by atoms with Crippen molar-refractivity contribution in [3.63, 3.8) is 0 Å². The van der Waals surface area contributed by atoms with Crippen molar-refractivity contribution in [3.05, 3.63) is 35.9 Å². The minimum Gasteiger partial charge on any atom is -0.385 e. The first kappa shape index (κ1) is 13.6. The van der Waals surface area contributed by atoms with Gasteiger partial charge in [0.15, 0.2) is 0 Å². The molecule has 0 bridgehead atoms. The largest absolute Gasteiger partial charge is 0.385 e. The highest BCUT2D eigenvalue weighted by atomic mass is 16.3. The second-order valence-corrected chi connectivity index (χ2v) is 6.04. The zero-order chi connectivity index (χ0) is 13.3. The molecule has 0 saturated carbocycles. The summed E-state index contributed by atoms with van der Waals surface area (Å²) < 4.78 is 0. The van der Waals surface area contributed by atoms with Crippen LogP contribution in [0.25, 0.3) is 0 Å². The molecule has 1 saturated heterocycles. The van der Waals surface area contributed by atoms with Crippen LogP contribution < -0.4 is 0 Å². The molecule has 1 aromatic rings. The lowest BCUT2D eigenvalue weighted by Gasteiger charge is -2.48. The quantitative estimate of drug-likeness (QED) is 0.868. The minimum atomic E-state index is -0.675. The van der Waals surface area contributed by atoms with Crippen molar-refractivity contribution in [2.75, 3.05) is 6.54 Å². The lowest BCUT2D eigenvalue weighted by Crippen LogP contribution is -2.55. The molecule has 1 N–H and O–H groups in total. The van der Waals surface area contributed by atoms with E-state index >= 15 is 0 Å². The fourth-order valence-electron chi connectivity index (χ4n) is 3.26. The molecule has 1 aliphatic rings. The van der Waals surface area contributed by atoms with Gasteiger partial charge >= 0.3 is 0 Å². The third-order valence-electron chi connectivity index (χ3n) is 4.41. The van der Waals surface area contributed by atoms with E-state index < -0.39 is 5.60 Å². The van der Waals surface area contributed by atoms with Gasteiger partial charge in [-0.05, 0) is 32.8 Å². The van der Waals surface area contributed by atoms with E-state index in [4.69, 9.17) is 0 Å². The molecular weight excluding hydrogens is 222 g/mol. The summed E-state index contributed by atoms with van der Waals surface area (Å²) in [7, 11) is 0. The van der Waals surface area contributed by atoms with Crippen LogP contribution in [0.1, 0.15) is 39.7 Å². The molecule has 0 aliphatic carbocycles. The second-order valence-electron chi connectivity index (χ2n) is 6.04. The molecule has 1 heterocycles. The van der Waals surface area contributed by atoms with Gasteiger partial charge in [-0.2, -0.15) is 0 Å². The fourth-order valence-corrected chi connectivity index (χ4v) is 3.26. The van der Waals surface area contributed by atoms with E-state index in [1.807, 2.05) is 30.3 Å². The summed E-state index contributed by atoms with van der Waals surface area (Å²) in [5, 5.41) is 11.1.